The van der Waals surface area contributed by atoms with E-state index in [1.807, 2.05) is 10.7 Å². The molecule has 0 bridgehead atoms. The van der Waals surface area contributed by atoms with E-state index in [2.05, 4.69) is 22.0 Å². The molecule has 3 rings (SSSR count). The Morgan fingerprint density at radius 3 is 2.56 bits per heavy atom. The molecule has 0 atom stereocenters. The summed E-state index contributed by atoms with van der Waals surface area (Å²) < 4.78 is 26.8. The maximum Gasteiger partial charge on any atom is 0.211 e. The lowest BCUT2D eigenvalue weighted by Crippen LogP contribution is -2.38. The van der Waals surface area contributed by atoms with Crippen molar-refractivity contribution in [3.8, 4) is 11.4 Å². The van der Waals surface area contributed by atoms with E-state index < -0.39 is 10.0 Å². The summed E-state index contributed by atoms with van der Waals surface area (Å²) in [7, 11) is -3.08. The van der Waals surface area contributed by atoms with Crippen molar-refractivity contribution in [2.45, 2.75) is 39.2 Å². The lowest BCUT2D eigenvalue weighted by atomic mass is 9.92. The van der Waals surface area contributed by atoms with Crippen molar-refractivity contribution in [1.82, 2.24) is 24.1 Å². The van der Waals surface area contributed by atoms with Crippen LogP contribution in [0.5, 0.6) is 0 Å². The van der Waals surface area contributed by atoms with E-state index >= 15 is 0 Å². The van der Waals surface area contributed by atoms with Crippen LogP contribution in [0.25, 0.3) is 11.4 Å². The average Bonchev–Trinajstić information content (AvgIpc) is 3.03. The highest BCUT2D eigenvalue weighted by Crippen LogP contribution is 2.27. The molecule has 0 amide bonds. The molecule has 0 aliphatic carbocycles. The molecule has 1 aliphatic rings. The first kappa shape index (κ1) is 18.0. The fraction of sp³-hybridized carbons (Fsp3) is 0.588. The van der Waals surface area contributed by atoms with Gasteiger partial charge in [-0.1, -0.05) is 6.92 Å². The molecule has 0 saturated carbocycles. The molecule has 1 aliphatic heterocycles. The predicted octanol–water partition coefficient (Wildman–Crippen LogP) is 1.96. The molecule has 0 N–H and O–H groups in total. The number of sulfonamides is 1. The first-order valence-electron chi connectivity index (χ1n) is 8.76. The summed E-state index contributed by atoms with van der Waals surface area (Å²) in [6.07, 6.45) is 10.1. The molecule has 2 aromatic rings. The van der Waals surface area contributed by atoms with Gasteiger partial charge in [0.05, 0.1) is 17.6 Å². The Morgan fingerprint density at radius 1 is 1.16 bits per heavy atom. The van der Waals surface area contributed by atoms with Gasteiger partial charge in [0.2, 0.25) is 10.0 Å². The van der Waals surface area contributed by atoms with Crippen LogP contribution in [0.3, 0.4) is 0 Å². The lowest BCUT2D eigenvalue weighted by molar-refractivity contribution is 0.273. The third-order valence-corrected chi connectivity index (χ3v) is 6.00. The molecule has 1 saturated heterocycles. The SMILES string of the molecule is CCCn1nccc1-c1nccnc1CC1CCN(S(C)(=O)=O)CC1. The number of nitrogens with zero attached hydrogens (tertiary/aromatic N) is 5. The molecule has 1 fully saturated rings. The Morgan fingerprint density at radius 2 is 1.88 bits per heavy atom. The van der Waals surface area contributed by atoms with E-state index in [-0.39, 0.29) is 0 Å². The van der Waals surface area contributed by atoms with Gasteiger partial charge >= 0.3 is 0 Å². The maximum absolute atomic E-state index is 11.7. The molecule has 0 aromatic carbocycles. The van der Waals surface area contributed by atoms with Crippen molar-refractivity contribution in [1.29, 1.82) is 0 Å². The van der Waals surface area contributed by atoms with Crippen LogP contribution in [0.1, 0.15) is 31.9 Å². The van der Waals surface area contributed by atoms with Crippen LogP contribution < -0.4 is 0 Å². The van der Waals surface area contributed by atoms with Gasteiger partial charge in [-0.15, -0.1) is 0 Å². The van der Waals surface area contributed by atoms with E-state index in [0.29, 0.717) is 19.0 Å². The van der Waals surface area contributed by atoms with Crippen molar-refractivity contribution >= 4 is 10.0 Å². The first-order chi connectivity index (χ1) is 12.0. The molecule has 3 heterocycles. The van der Waals surface area contributed by atoms with E-state index in [0.717, 1.165) is 49.3 Å². The number of hydrogen-bond donors (Lipinski definition) is 0. The third kappa shape index (κ3) is 4.24. The van der Waals surface area contributed by atoms with Crippen molar-refractivity contribution in [2.24, 2.45) is 5.92 Å². The van der Waals surface area contributed by atoms with Crippen LogP contribution >= 0.6 is 0 Å². The topological polar surface area (TPSA) is 81.0 Å². The highest BCUT2D eigenvalue weighted by atomic mass is 32.2. The standard InChI is InChI=1S/C17H25N5O2S/c1-3-10-22-16(4-7-20-22)17-15(18-8-9-19-17)13-14-5-11-21(12-6-14)25(2,23)24/h4,7-9,14H,3,5-6,10-13H2,1-2H3. The minimum Gasteiger partial charge on any atom is -0.263 e. The van der Waals surface area contributed by atoms with Gasteiger partial charge in [0, 0.05) is 38.2 Å². The number of hydrogen-bond acceptors (Lipinski definition) is 5. The molecular weight excluding hydrogens is 338 g/mol. The molecule has 2 aromatic heterocycles. The van der Waals surface area contributed by atoms with Crippen LogP contribution in [0, 0.1) is 5.92 Å². The summed E-state index contributed by atoms with van der Waals surface area (Å²) >= 11 is 0. The smallest absolute Gasteiger partial charge is 0.211 e. The van der Waals surface area contributed by atoms with Crippen molar-refractivity contribution in [3.63, 3.8) is 0 Å². The summed E-state index contributed by atoms with van der Waals surface area (Å²) in [6, 6.07) is 1.98. The zero-order valence-electron chi connectivity index (χ0n) is 14.8. The summed E-state index contributed by atoms with van der Waals surface area (Å²) in [6.45, 7) is 4.16. The van der Waals surface area contributed by atoms with Gasteiger partial charge in [0.25, 0.3) is 0 Å². The number of aryl methyl sites for hydroxylation is 1. The van der Waals surface area contributed by atoms with E-state index in [4.69, 9.17) is 0 Å². The highest BCUT2D eigenvalue weighted by Gasteiger charge is 2.26. The number of aromatic nitrogens is 4. The van der Waals surface area contributed by atoms with Gasteiger partial charge in [0.15, 0.2) is 0 Å². The van der Waals surface area contributed by atoms with Crippen LogP contribution in [0.4, 0.5) is 0 Å². The first-order valence-corrected chi connectivity index (χ1v) is 10.6. The minimum absolute atomic E-state index is 0.427. The van der Waals surface area contributed by atoms with Crippen molar-refractivity contribution < 1.29 is 8.42 Å². The Hall–Kier alpha value is -1.80. The largest absolute Gasteiger partial charge is 0.263 e. The van der Waals surface area contributed by atoms with Crippen LogP contribution in [-0.2, 0) is 23.0 Å². The molecule has 0 unspecified atom stereocenters. The Balaban J connectivity index is 1.75. The normalized spacial score (nSPS) is 17.0. The lowest BCUT2D eigenvalue weighted by Gasteiger charge is -2.30. The summed E-state index contributed by atoms with van der Waals surface area (Å²) in [5.41, 5.74) is 2.86. The Kier molecular flexibility index (Phi) is 5.48. The molecular formula is C17H25N5O2S. The molecule has 8 heteroatoms. The average molecular weight is 363 g/mol. The highest BCUT2D eigenvalue weighted by molar-refractivity contribution is 7.88. The van der Waals surface area contributed by atoms with E-state index in [9.17, 15) is 8.42 Å². The second-order valence-corrected chi connectivity index (χ2v) is 8.58. The van der Waals surface area contributed by atoms with Gasteiger partial charge in [-0.3, -0.25) is 14.6 Å². The summed E-state index contributed by atoms with van der Waals surface area (Å²) in [5, 5.41) is 4.38. The quantitative estimate of drug-likeness (QED) is 0.784. The van der Waals surface area contributed by atoms with Gasteiger partial charge in [-0.05, 0) is 37.7 Å². The fourth-order valence-corrected chi connectivity index (χ4v) is 4.25. The number of rotatable bonds is 6. The molecule has 136 valence electrons. The second-order valence-electron chi connectivity index (χ2n) is 6.60. The third-order valence-electron chi connectivity index (χ3n) is 4.69. The zero-order chi connectivity index (χ0) is 17.9. The molecule has 7 nitrogen and oxygen atoms in total. The van der Waals surface area contributed by atoms with Gasteiger partial charge in [-0.25, -0.2) is 12.7 Å². The van der Waals surface area contributed by atoms with Gasteiger partial charge in [-0.2, -0.15) is 5.10 Å². The Labute approximate surface area is 149 Å². The molecule has 0 spiro atoms. The Bertz CT molecular complexity index is 810. The zero-order valence-corrected chi connectivity index (χ0v) is 15.6. The maximum atomic E-state index is 11.7. The van der Waals surface area contributed by atoms with Crippen LogP contribution in [0.2, 0.25) is 0 Å². The second kappa shape index (κ2) is 7.61. The fourth-order valence-electron chi connectivity index (χ4n) is 3.37. The van der Waals surface area contributed by atoms with Crippen LogP contribution in [0.15, 0.2) is 24.7 Å². The minimum atomic E-state index is -3.08. The number of piperidine rings is 1. The predicted molar refractivity (Wildman–Crippen MR) is 96.4 cm³/mol. The monoisotopic (exact) mass is 363 g/mol. The summed E-state index contributed by atoms with van der Waals surface area (Å²) in [4.78, 5) is 9.12. The summed E-state index contributed by atoms with van der Waals surface area (Å²) in [5.74, 6) is 0.427. The van der Waals surface area contributed by atoms with Gasteiger partial charge in [0.1, 0.15) is 5.69 Å². The van der Waals surface area contributed by atoms with E-state index in [1.54, 1.807) is 22.9 Å². The molecule has 0 radical (unpaired) electrons. The molecule has 25 heavy (non-hydrogen) atoms. The van der Waals surface area contributed by atoms with Gasteiger partial charge < -0.3 is 0 Å². The van der Waals surface area contributed by atoms with Crippen molar-refractivity contribution in [2.75, 3.05) is 19.3 Å². The van der Waals surface area contributed by atoms with E-state index in [1.165, 1.54) is 6.26 Å². The van der Waals surface area contributed by atoms with Crippen LogP contribution in [-0.4, -0.2) is 51.8 Å². The van der Waals surface area contributed by atoms with Crippen molar-refractivity contribution in [3.05, 3.63) is 30.4 Å².